The van der Waals surface area contributed by atoms with Gasteiger partial charge in [-0.25, -0.2) is 0 Å². The molecule has 0 spiro atoms. The van der Waals surface area contributed by atoms with Crippen molar-refractivity contribution in [2.75, 3.05) is 26.3 Å². The molecule has 0 radical (unpaired) electrons. The Kier molecular flexibility index (Phi) is 3.60. The van der Waals surface area contributed by atoms with Crippen LogP contribution in [0.25, 0.3) is 0 Å². The molecule has 0 bridgehead atoms. The Morgan fingerprint density at radius 2 is 1.94 bits per heavy atom. The summed E-state index contributed by atoms with van der Waals surface area (Å²) in [5.41, 5.74) is 0. The molecule has 0 aromatic rings. The van der Waals surface area contributed by atoms with E-state index in [0.29, 0.717) is 17.7 Å². The molecule has 0 N–H and O–H groups in total. The first-order chi connectivity index (χ1) is 8.81. The van der Waals surface area contributed by atoms with Crippen molar-refractivity contribution in [1.82, 2.24) is 4.90 Å². The molecule has 2 saturated carbocycles. The van der Waals surface area contributed by atoms with E-state index in [0.717, 1.165) is 44.6 Å². The number of nitrogens with zero attached hydrogens (tertiary/aromatic N) is 1. The Morgan fingerprint density at radius 1 is 1.22 bits per heavy atom. The molecule has 0 unspecified atom stereocenters. The van der Waals surface area contributed by atoms with Crippen LogP contribution in [-0.2, 0) is 9.53 Å². The number of ether oxygens (including phenoxy) is 1. The third-order valence-corrected chi connectivity index (χ3v) is 5.10. The molecule has 0 aromatic heterocycles. The smallest absolute Gasteiger partial charge is 0.226 e. The highest BCUT2D eigenvalue weighted by Gasteiger charge is 2.56. The van der Waals surface area contributed by atoms with Gasteiger partial charge in [-0.3, -0.25) is 4.79 Å². The topological polar surface area (TPSA) is 29.5 Å². The van der Waals surface area contributed by atoms with Crippen LogP contribution in [0.5, 0.6) is 0 Å². The first-order valence-electron chi connectivity index (χ1n) is 7.67. The lowest BCUT2D eigenvalue weighted by Gasteiger charge is -2.16. The second kappa shape index (κ2) is 5.20. The van der Waals surface area contributed by atoms with Gasteiger partial charge in [0.2, 0.25) is 5.91 Å². The highest BCUT2D eigenvalue weighted by Crippen LogP contribution is 2.56. The second-order valence-electron chi connectivity index (χ2n) is 6.24. The lowest BCUT2D eigenvalue weighted by atomic mass is 10.0. The number of hydrogen-bond acceptors (Lipinski definition) is 2. The van der Waals surface area contributed by atoms with Crippen molar-refractivity contribution in [2.45, 2.75) is 39.0 Å². The third kappa shape index (κ3) is 2.29. The lowest BCUT2D eigenvalue weighted by molar-refractivity contribution is -0.132. The van der Waals surface area contributed by atoms with Crippen molar-refractivity contribution in [2.24, 2.45) is 23.7 Å². The summed E-state index contributed by atoms with van der Waals surface area (Å²) in [5, 5.41) is 0. The molecular formula is C15H25NO2. The fourth-order valence-corrected chi connectivity index (χ4v) is 4.02. The molecule has 1 saturated heterocycles. The maximum atomic E-state index is 12.5. The van der Waals surface area contributed by atoms with E-state index in [1.807, 2.05) is 6.92 Å². The van der Waals surface area contributed by atoms with Crippen molar-refractivity contribution in [1.29, 1.82) is 0 Å². The van der Waals surface area contributed by atoms with Gasteiger partial charge in [-0.1, -0.05) is 12.8 Å². The van der Waals surface area contributed by atoms with Crippen LogP contribution in [0.3, 0.4) is 0 Å². The maximum absolute atomic E-state index is 12.5. The van der Waals surface area contributed by atoms with Crippen molar-refractivity contribution < 1.29 is 9.53 Å². The van der Waals surface area contributed by atoms with E-state index in [1.165, 1.54) is 25.7 Å². The number of rotatable bonds is 4. The first kappa shape index (κ1) is 12.5. The summed E-state index contributed by atoms with van der Waals surface area (Å²) >= 11 is 0. The summed E-state index contributed by atoms with van der Waals surface area (Å²) < 4.78 is 5.48. The minimum Gasteiger partial charge on any atom is -0.381 e. The van der Waals surface area contributed by atoms with E-state index in [4.69, 9.17) is 4.74 Å². The van der Waals surface area contributed by atoms with Crippen LogP contribution < -0.4 is 0 Å². The molecule has 3 nitrogen and oxygen atoms in total. The molecule has 1 amide bonds. The van der Waals surface area contributed by atoms with Crippen molar-refractivity contribution in [3.63, 3.8) is 0 Å². The van der Waals surface area contributed by atoms with E-state index in [9.17, 15) is 4.79 Å². The van der Waals surface area contributed by atoms with Gasteiger partial charge in [0.15, 0.2) is 0 Å². The Bertz CT molecular complexity index is 306. The molecular weight excluding hydrogens is 226 g/mol. The van der Waals surface area contributed by atoms with E-state index in [-0.39, 0.29) is 0 Å². The molecule has 3 aliphatic rings. The normalized spacial score (nSPS) is 38.6. The molecule has 102 valence electrons. The molecule has 2 aliphatic carbocycles. The predicted octanol–water partition coefficient (Wildman–Crippen LogP) is 2.31. The van der Waals surface area contributed by atoms with E-state index < -0.39 is 0 Å². The molecule has 3 atom stereocenters. The summed E-state index contributed by atoms with van der Waals surface area (Å²) in [6.45, 7) is 5.56. The summed E-state index contributed by atoms with van der Waals surface area (Å²) in [7, 11) is 0. The van der Waals surface area contributed by atoms with E-state index in [2.05, 4.69) is 4.90 Å². The highest BCUT2D eigenvalue weighted by molar-refractivity contribution is 5.82. The van der Waals surface area contributed by atoms with E-state index >= 15 is 0 Å². The Balaban J connectivity index is 1.49. The van der Waals surface area contributed by atoms with Crippen molar-refractivity contribution in [3.8, 4) is 0 Å². The summed E-state index contributed by atoms with van der Waals surface area (Å²) in [6.07, 6.45) is 6.43. The molecule has 0 aromatic carbocycles. The van der Waals surface area contributed by atoms with Gasteiger partial charge in [0.1, 0.15) is 0 Å². The van der Waals surface area contributed by atoms with Crippen LogP contribution in [0, 0.1) is 23.7 Å². The van der Waals surface area contributed by atoms with Gasteiger partial charge in [0.05, 0.1) is 6.61 Å². The minimum absolute atomic E-state index is 0.401. The number of carbonyl (C=O) groups is 1. The summed E-state index contributed by atoms with van der Waals surface area (Å²) in [5.74, 6) is 2.94. The fourth-order valence-electron chi connectivity index (χ4n) is 4.02. The lowest BCUT2D eigenvalue weighted by Crippen LogP contribution is -2.31. The average molecular weight is 251 g/mol. The summed E-state index contributed by atoms with van der Waals surface area (Å²) in [4.78, 5) is 14.6. The van der Waals surface area contributed by atoms with Gasteiger partial charge in [0, 0.05) is 31.5 Å². The minimum atomic E-state index is 0.401. The second-order valence-corrected chi connectivity index (χ2v) is 6.24. The van der Waals surface area contributed by atoms with Crippen molar-refractivity contribution >= 4 is 5.91 Å². The quantitative estimate of drug-likeness (QED) is 0.767. The van der Waals surface area contributed by atoms with Crippen LogP contribution in [0.15, 0.2) is 0 Å². The molecule has 1 heterocycles. The number of carbonyl (C=O) groups excluding carboxylic acids is 1. The van der Waals surface area contributed by atoms with Crippen molar-refractivity contribution in [3.05, 3.63) is 0 Å². The summed E-state index contributed by atoms with van der Waals surface area (Å²) in [6, 6.07) is 0. The SMILES string of the molecule is CCOC[C@@H]1CCN(C(=O)C2[C@@H]3CCCC[C@@H]23)C1. The van der Waals surface area contributed by atoms with E-state index in [1.54, 1.807) is 0 Å². The number of hydrogen-bond donors (Lipinski definition) is 0. The number of likely N-dealkylation sites (tertiary alicyclic amines) is 1. The van der Waals surface area contributed by atoms with Crippen LogP contribution in [0.4, 0.5) is 0 Å². The standard InChI is InChI=1S/C15H25NO2/c1-2-18-10-11-7-8-16(9-11)15(17)14-12-5-3-4-6-13(12)14/h11-14H,2-10H2,1H3/t11-,12-,13-/m1/s1. The van der Waals surface area contributed by atoms with Gasteiger partial charge >= 0.3 is 0 Å². The average Bonchev–Trinajstić information content (AvgIpc) is 2.94. The van der Waals surface area contributed by atoms with Gasteiger partial charge in [-0.05, 0) is 38.0 Å². The maximum Gasteiger partial charge on any atom is 0.226 e. The van der Waals surface area contributed by atoms with Gasteiger partial charge < -0.3 is 9.64 Å². The molecule has 3 fully saturated rings. The zero-order valence-electron chi connectivity index (χ0n) is 11.4. The van der Waals surface area contributed by atoms with Gasteiger partial charge in [-0.2, -0.15) is 0 Å². The Labute approximate surface area is 110 Å². The fraction of sp³-hybridized carbons (Fsp3) is 0.933. The van der Waals surface area contributed by atoms with Gasteiger partial charge in [0.25, 0.3) is 0 Å². The van der Waals surface area contributed by atoms with Crippen LogP contribution >= 0.6 is 0 Å². The largest absolute Gasteiger partial charge is 0.381 e. The predicted molar refractivity (Wildman–Crippen MR) is 70.1 cm³/mol. The zero-order valence-corrected chi connectivity index (χ0v) is 11.4. The van der Waals surface area contributed by atoms with Crippen LogP contribution in [-0.4, -0.2) is 37.1 Å². The molecule has 1 aliphatic heterocycles. The molecule has 3 heteroatoms. The van der Waals surface area contributed by atoms with Crippen LogP contribution in [0.1, 0.15) is 39.0 Å². The zero-order chi connectivity index (χ0) is 12.5. The first-order valence-corrected chi connectivity index (χ1v) is 7.67. The molecule has 3 rings (SSSR count). The monoisotopic (exact) mass is 251 g/mol. The molecule has 18 heavy (non-hydrogen) atoms. The van der Waals surface area contributed by atoms with Gasteiger partial charge in [-0.15, -0.1) is 0 Å². The Hall–Kier alpha value is -0.570. The highest BCUT2D eigenvalue weighted by atomic mass is 16.5. The third-order valence-electron chi connectivity index (χ3n) is 5.10. The Morgan fingerprint density at radius 3 is 2.61 bits per heavy atom. The number of amides is 1. The number of fused-ring (bicyclic) bond motifs is 1. The van der Waals surface area contributed by atoms with Crippen LogP contribution in [0.2, 0.25) is 0 Å².